The van der Waals surface area contributed by atoms with Crippen LogP contribution in [-0.4, -0.2) is 44.7 Å². The van der Waals surface area contributed by atoms with E-state index in [0.717, 1.165) is 27.9 Å². The summed E-state index contributed by atoms with van der Waals surface area (Å²) >= 11 is 0. The molecule has 4 aromatic rings. The van der Waals surface area contributed by atoms with Crippen LogP contribution in [0.3, 0.4) is 0 Å². The number of aryl methyl sites for hydroxylation is 1. The van der Waals surface area contributed by atoms with Gasteiger partial charge in [0.2, 0.25) is 5.65 Å². The first kappa shape index (κ1) is 15.3. The molecule has 4 rings (SSSR count). The fraction of sp³-hybridized carbons (Fsp3) is 0.158. The summed E-state index contributed by atoms with van der Waals surface area (Å²) in [6.07, 6.45) is 0. The Bertz CT molecular complexity index is 1100. The van der Waals surface area contributed by atoms with Gasteiger partial charge in [0.15, 0.2) is 0 Å². The summed E-state index contributed by atoms with van der Waals surface area (Å²) < 4.78 is 2.05. The van der Waals surface area contributed by atoms with Crippen LogP contribution >= 0.6 is 0 Å². The largest absolute Gasteiger partial charge is 0.345 e. The summed E-state index contributed by atoms with van der Waals surface area (Å²) in [4.78, 5) is 18.5. The molecule has 25 heavy (non-hydrogen) atoms. The number of nitrogens with zero attached hydrogens (tertiary/aromatic N) is 5. The summed E-state index contributed by atoms with van der Waals surface area (Å²) in [5.74, 6) is 0.779. The van der Waals surface area contributed by atoms with E-state index in [2.05, 4.69) is 19.7 Å². The number of hydrogen-bond donors (Lipinski definition) is 0. The lowest BCUT2D eigenvalue weighted by atomic mass is 10.1. The molecule has 0 fully saturated rings. The monoisotopic (exact) mass is 331 g/mol. The molecule has 1 amide bonds. The smallest absolute Gasteiger partial charge is 0.253 e. The SMILES string of the molecule is Cc1nc2nnc3ccc(C(=O)N(C)C)cc3c2n1-c1ccccc1. The van der Waals surface area contributed by atoms with Crippen molar-refractivity contribution >= 4 is 28.0 Å². The number of carbonyl (C=O) groups excluding carboxylic acids is 1. The second-order valence-corrected chi connectivity index (χ2v) is 6.13. The van der Waals surface area contributed by atoms with Gasteiger partial charge in [0.05, 0.1) is 5.52 Å². The molecule has 0 aliphatic heterocycles. The highest BCUT2D eigenvalue weighted by atomic mass is 16.2. The molecule has 0 N–H and O–H groups in total. The van der Waals surface area contributed by atoms with E-state index in [0.29, 0.717) is 11.2 Å². The Labute approximate surface area is 144 Å². The molecule has 0 bridgehead atoms. The van der Waals surface area contributed by atoms with Gasteiger partial charge in [-0.1, -0.05) is 18.2 Å². The maximum atomic E-state index is 12.4. The van der Waals surface area contributed by atoms with Crippen LogP contribution in [0.5, 0.6) is 0 Å². The number of fused-ring (bicyclic) bond motifs is 3. The van der Waals surface area contributed by atoms with Gasteiger partial charge in [-0.3, -0.25) is 9.36 Å². The summed E-state index contributed by atoms with van der Waals surface area (Å²) in [6.45, 7) is 1.94. The van der Waals surface area contributed by atoms with Crippen molar-refractivity contribution < 1.29 is 4.79 Å². The first-order valence-electron chi connectivity index (χ1n) is 7.99. The van der Waals surface area contributed by atoms with Gasteiger partial charge in [0.1, 0.15) is 11.3 Å². The summed E-state index contributed by atoms with van der Waals surface area (Å²) in [5, 5.41) is 9.36. The van der Waals surface area contributed by atoms with E-state index in [1.165, 1.54) is 0 Å². The number of rotatable bonds is 2. The molecule has 6 heteroatoms. The van der Waals surface area contributed by atoms with Gasteiger partial charge in [0, 0.05) is 30.7 Å². The van der Waals surface area contributed by atoms with Gasteiger partial charge < -0.3 is 4.90 Å². The number of hydrogen-bond acceptors (Lipinski definition) is 4. The summed E-state index contributed by atoms with van der Waals surface area (Å²) in [7, 11) is 3.48. The average Bonchev–Trinajstić information content (AvgIpc) is 2.97. The second kappa shape index (κ2) is 5.66. The number of para-hydroxylation sites is 1. The lowest BCUT2D eigenvalue weighted by Crippen LogP contribution is -2.21. The van der Waals surface area contributed by atoms with Crippen LogP contribution in [0.4, 0.5) is 0 Å². The number of aromatic nitrogens is 4. The quantitative estimate of drug-likeness (QED) is 0.566. The molecule has 124 valence electrons. The van der Waals surface area contributed by atoms with Crippen LogP contribution in [0.2, 0.25) is 0 Å². The molecule has 0 saturated heterocycles. The Morgan fingerprint density at radius 3 is 2.52 bits per heavy atom. The molecule has 6 nitrogen and oxygen atoms in total. The van der Waals surface area contributed by atoms with E-state index in [1.807, 2.05) is 49.4 Å². The third-order valence-electron chi connectivity index (χ3n) is 4.20. The second-order valence-electron chi connectivity index (χ2n) is 6.13. The van der Waals surface area contributed by atoms with Crippen molar-refractivity contribution in [3.63, 3.8) is 0 Å². The Morgan fingerprint density at radius 1 is 1.04 bits per heavy atom. The molecule has 0 atom stereocenters. The standard InChI is InChI=1S/C19H17N5O/c1-12-20-18-17(24(12)14-7-5-4-6-8-14)15-11-13(19(25)23(2)3)9-10-16(15)21-22-18/h4-11H,1-3H3. The van der Waals surface area contributed by atoms with Crippen molar-refractivity contribution in [3.8, 4) is 5.69 Å². The average molecular weight is 331 g/mol. The van der Waals surface area contributed by atoms with E-state index in [4.69, 9.17) is 0 Å². The Kier molecular flexibility index (Phi) is 3.46. The fourth-order valence-corrected chi connectivity index (χ4v) is 3.03. The first-order valence-corrected chi connectivity index (χ1v) is 7.99. The van der Waals surface area contributed by atoms with Gasteiger partial charge in [-0.15, -0.1) is 10.2 Å². The lowest BCUT2D eigenvalue weighted by molar-refractivity contribution is 0.0828. The third-order valence-corrected chi connectivity index (χ3v) is 4.20. The van der Waals surface area contributed by atoms with Crippen molar-refractivity contribution in [2.75, 3.05) is 14.1 Å². The minimum Gasteiger partial charge on any atom is -0.345 e. The van der Waals surface area contributed by atoms with Crippen LogP contribution in [0, 0.1) is 6.92 Å². The van der Waals surface area contributed by atoms with E-state index in [9.17, 15) is 4.79 Å². The predicted octanol–water partition coefficient (Wildman–Crippen LogP) is 2.98. The van der Waals surface area contributed by atoms with Crippen LogP contribution in [0.25, 0.3) is 27.8 Å². The van der Waals surface area contributed by atoms with E-state index in [-0.39, 0.29) is 5.91 Å². The van der Waals surface area contributed by atoms with Gasteiger partial charge in [-0.2, -0.15) is 0 Å². The minimum atomic E-state index is -0.0469. The maximum absolute atomic E-state index is 12.4. The van der Waals surface area contributed by atoms with E-state index in [1.54, 1.807) is 25.1 Å². The molecule has 2 aromatic carbocycles. The third kappa shape index (κ3) is 2.42. The Morgan fingerprint density at radius 2 is 1.80 bits per heavy atom. The summed E-state index contributed by atoms with van der Waals surface area (Å²) in [5.41, 5.74) is 3.79. The molecule has 0 unspecified atom stereocenters. The van der Waals surface area contributed by atoms with Crippen LogP contribution in [0.15, 0.2) is 48.5 Å². The van der Waals surface area contributed by atoms with Crippen LogP contribution in [0.1, 0.15) is 16.2 Å². The molecule has 0 saturated carbocycles. The zero-order valence-corrected chi connectivity index (χ0v) is 14.3. The molecule has 2 heterocycles. The van der Waals surface area contributed by atoms with Crippen LogP contribution in [-0.2, 0) is 0 Å². The number of amides is 1. The summed E-state index contributed by atoms with van der Waals surface area (Å²) in [6, 6.07) is 15.5. The highest BCUT2D eigenvalue weighted by Crippen LogP contribution is 2.27. The van der Waals surface area contributed by atoms with Crippen molar-refractivity contribution in [3.05, 3.63) is 59.9 Å². The van der Waals surface area contributed by atoms with E-state index >= 15 is 0 Å². The number of carbonyl (C=O) groups is 1. The van der Waals surface area contributed by atoms with Gasteiger partial charge in [-0.05, 0) is 37.3 Å². The molecule has 0 aliphatic rings. The number of imidazole rings is 1. The Balaban J connectivity index is 2.08. The highest BCUT2D eigenvalue weighted by Gasteiger charge is 2.16. The Hall–Kier alpha value is -3.28. The minimum absolute atomic E-state index is 0.0469. The zero-order valence-electron chi connectivity index (χ0n) is 14.3. The molecule has 0 radical (unpaired) electrons. The van der Waals surface area contributed by atoms with Crippen molar-refractivity contribution in [2.24, 2.45) is 0 Å². The van der Waals surface area contributed by atoms with Crippen molar-refractivity contribution in [1.82, 2.24) is 24.6 Å². The van der Waals surface area contributed by atoms with E-state index < -0.39 is 0 Å². The maximum Gasteiger partial charge on any atom is 0.253 e. The molecule has 0 spiro atoms. The highest BCUT2D eigenvalue weighted by molar-refractivity contribution is 6.05. The first-order chi connectivity index (χ1) is 12.1. The lowest BCUT2D eigenvalue weighted by Gasteiger charge is -2.11. The van der Waals surface area contributed by atoms with Crippen LogP contribution < -0.4 is 0 Å². The van der Waals surface area contributed by atoms with Gasteiger partial charge in [0.25, 0.3) is 5.91 Å². The fourth-order valence-electron chi connectivity index (χ4n) is 3.03. The van der Waals surface area contributed by atoms with Crippen molar-refractivity contribution in [2.45, 2.75) is 6.92 Å². The molecular weight excluding hydrogens is 314 g/mol. The number of benzene rings is 2. The van der Waals surface area contributed by atoms with Gasteiger partial charge >= 0.3 is 0 Å². The normalized spacial score (nSPS) is 11.2. The predicted molar refractivity (Wildman–Crippen MR) is 96.9 cm³/mol. The molecular formula is C19H17N5O. The topological polar surface area (TPSA) is 63.9 Å². The van der Waals surface area contributed by atoms with Gasteiger partial charge in [-0.25, -0.2) is 4.98 Å². The molecule has 0 aliphatic carbocycles. The van der Waals surface area contributed by atoms with Crippen molar-refractivity contribution in [1.29, 1.82) is 0 Å². The molecule has 2 aromatic heterocycles. The zero-order chi connectivity index (χ0) is 17.6.